The Balaban J connectivity index is 4.64. The molecule has 1 unspecified atom stereocenters. The van der Waals surface area contributed by atoms with Crippen LogP contribution in [-0.2, 0) is 23.3 Å². The summed E-state index contributed by atoms with van der Waals surface area (Å²) in [6.07, 6.45) is 5.55. The van der Waals surface area contributed by atoms with Crippen molar-refractivity contribution < 1.29 is 28.2 Å². The van der Waals surface area contributed by atoms with Gasteiger partial charge in [-0.2, -0.15) is 0 Å². The molecule has 1 atom stereocenters. The second-order valence-electron chi connectivity index (χ2n) is 4.84. The molecule has 0 fully saturated rings. The molecule has 0 aliphatic heterocycles. The topological polar surface area (TPSA) is 74.2 Å². The summed E-state index contributed by atoms with van der Waals surface area (Å²) >= 11 is 0. The maximum atomic E-state index is 10.8. The molecule has 6 nitrogen and oxygen atoms in total. The van der Waals surface area contributed by atoms with E-state index in [0.717, 1.165) is 38.5 Å². The van der Waals surface area contributed by atoms with Crippen LogP contribution in [0.25, 0.3) is 0 Å². The van der Waals surface area contributed by atoms with E-state index in [1.807, 2.05) is 0 Å². The normalized spacial score (nSPS) is 13.5. The maximum absolute atomic E-state index is 10.8. The Labute approximate surface area is 129 Å². The fourth-order valence-electron chi connectivity index (χ4n) is 1.52. The van der Waals surface area contributed by atoms with Crippen LogP contribution in [0.1, 0.15) is 59.3 Å². The van der Waals surface area contributed by atoms with E-state index in [-0.39, 0.29) is 6.61 Å². The lowest BCUT2D eigenvalue weighted by molar-refractivity contribution is -0.389. The van der Waals surface area contributed by atoms with Crippen LogP contribution >= 0.6 is 8.25 Å². The highest BCUT2D eigenvalue weighted by Gasteiger charge is 2.34. The van der Waals surface area contributed by atoms with Crippen molar-refractivity contribution in [3.63, 3.8) is 0 Å². The largest absolute Gasteiger partial charge is 0.326 e. The summed E-state index contributed by atoms with van der Waals surface area (Å²) in [5.41, 5.74) is 0. The van der Waals surface area contributed by atoms with Gasteiger partial charge in [0.15, 0.2) is 0 Å². The second kappa shape index (κ2) is 13.7. The minimum Gasteiger partial charge on any atom is -0.326 e. The smallest absolute Gasteiger partial charge is 0.316 e. The molecule has 21 heavy (non-hydrogen) atoms. The molecule has 7 heteroatoms. The van der Waals surface area contributed by atoms with Gasteiger partial charge in [-0.25, -0.2) is 0 Å². The van der Waals surface area contributed by atoms with E-state index in [1.54, 1.807) is 0 Å². The molecule has 0 saturated heterocycles. The number of hydrogen-bond acceptors (Lipinski definition) is 5. The third kappa shape index (κ3) is 11.3. The van der Waals surface area contributed by atoms with Gasteiger partial charge in [-0.3, -0.25) is 4.57 Å². The fraction of sp³-hybridized carbons (Fsp3) is 1.00. The molecule has 0 heterocycles. The Morgan fingerprint density at radius 2 is 1.24 bits per heavy atom. The van der Waals surface area contributed by atoms with Crippen LogP contribution in [0.2, 0.25) is 0 Å². The standard InChI is InChI=1S/C14H31O6P/c1-4-7-10-17-14(13-20-21(15)16,18-11-8-5-2)19-12-9-6-3/h21H,4-13H2,1-3H3,(H,15,16). The lowest BCUT2D eigenvalue weighted by Gasteiger charge is -2.32. The Hall–Kier alpha value is 0.0300. The predicted molar refractivity (Wildman–Crippen MR) is 82.5 cm³/mol. The molecule has 128 valence electrons. The lowest BCUT2D eigenvalue weighted by atomic mass is 10.3. The van der Waals surface area contributed by atoms with Crippen molar-refractivity contribution in [2.75, 3.05) is 26.4 Å². The first kappa shape index (κ1) is 21.0. The average Bonchev–Trinajstić information content (AvgIpc) is 2.46. The quantitative estimate of drug-likeness (QED) is 0.282. The predicted octanol–water partition coefficient (Wildman–Crippen LogP) is 3.49. The fourth-order valence-corrected chi connectivity index (χ4v) is 1.82. The minimum absolute atomic E-state index is 0.196. The van der Waals surface area contributed by atoms with E-state index in [1.165, 1.54) is 0 Å². The van der Waals surface area contributed by atoms with Crippen molar-refractivity contribution in [1.29, 1.82) is 0 Å². The molecule has 0 aromatic carbocycles. The van der Waals surface area contributed by atoms with Gasteiger partial charge in [0.1, 0.15) is 6.61 Å². The van der Waals surface area contributed by atoms with Crippen LogP contribution < -0.4 is 0 Å². The van der Waals surface area contributed by atoms with Gasteiger partial charge in [0, 0.05) is 0 Å². The zero-order valence-electron chi connectivity index (χ0n) is 13.6. The third-order valence-corrected chi connectivity index (χ3v) is 3.22. The summed E-state index contributed by atoms with van der Waals surface area (Å²) in [4.78, 5) is 8.89. The maximum Gasteiger partial charge on any atom is 0.316 e. The van der Waals surface area contributed by atoms with Crippen molar-refractivity contribution >= 4 is 8.25 Å². The van der Waals surface area contributed by atoms with E-state index in [2.05, 4.69) is 20.8 Å². The van der Waals surface area contributed by atoms with E-state index in [4.69, 9.17) is 23.6 Å². The molecule has 0 bridgehead atoms. The molecular weight excluding hydrogens is 295 g/mol. The van der Waals surface area contributed by atoms with Crippen LogP contribution in [0, 0.1) is 0 Å². The van der Waals surface area contributed by atoms with E-state index >= 15 is 0 Å². The van der Waals surface area contributed by atoms with E-state index in [0.29, 0.717) is 19.8 Å². The van der Waals surface area contributed by atoms with Crippen molar-refractivity contribution in [2.45, 2.75) is 65.3 Å². The second-order valence-corrected chi connectivity index (χ2v) is 5.66. The molecule has 0 amide bonds. The summed E-state index contributed by atoms with van der Waals surface area (Å²) in [6.45, 7) is 7.37. The summed E-state index contributed by atoms with van der Waals surface area (Å²) in [5, 5.41) is 0. The Morgan fingerprint density at radius 3 is 1.52 bits per heavy atom. The number of ether oxygens (including phenoxy) is 3. The van der Waals surface area contributed by atoms with E-state index in [9.17, 15) is 4.57 Å². The Morgan fingerprint density at radius 1 is 0.857 bits per heavy atom. The summed E-state index contributed by atoms with van der Waals surface area (Å²) in [6, 6.07) is 0. The molecular formula is C14H31O6P. The number of rotatable bonds is 15. The Bertz CT molecular complexity index is 235. The highest BCUT2D eigenvalue weighted by atomic mass is 31.1. The van der Waals surface area contributed by atoms with Crippen LogP contribution in [0.4, 0.5) is 0 Å². The van der Waals surface area contributed by atoms with Gasteiger partial charge in [-0.05, 0) is 19.3 Å². The van der Waals surface area contributed by atoms with Crippen LogP contribution in [-0.4, -0.2) is 37.3 Å². The van der Waals surface area contributed by atoms with E-state index < -0.39 is 14.2 Å². The highest BCUT2D eigenvalue weighted by Crippen LogP contribution is 2.24. The zero-order valence-corrected chi connectivity index (χ0v) is 14.6. The van der Waals surface area contributed by atoms with Crippen LogP contribution in [0.15, 0.2) is 0 Å². The van der Waals surface area contributed by atoms with Crippen molar-refractivity contribution in [1.82, 2.24) is 0 Å². The van der Waals surface area contributed by atoms with Gasteiger partial charge >= 0.3 is 14.2 Å². The number of hydrogen-bond donors (Lipinski definition) is 1. The highest BCUT2D eigenvalue weighted by molar-refractivity contribution is 7.32. The van der Waals surface area contributed by atoms with Gasteiger partial charge in [-0.1, -0.05) is 40.0 Å². The van der Waals surface area contributed by atoms with Crippen molar-refractivity contribution in [3.8, 4) is 0 Å². The monoisotopic (exact) mass is 326 g/mol. The summed E-state index contributed by atoms with van der Waals surface area (Å²) in [7, 11) is -3.05. The summed E-state index contributed by atoms with van der Waals surface area (Å²) in [5.74, 6) is -1.37. The number of unbranched alkanes of at least 4 members (excludes halogenated alkanes) is 3. The van der Waals surface area contributed by atoms with Crippen molar-refractivity contribution in [3.05, 3.63) is 0 Å². The first-order chi connectivity index (χ1) is 10.1. The molecule has 0 spiro atoms. The molecule has 1 N–H and O–H groups in total. The SMILES string of the molecule is CCCCOC(CO[PH](=O)O)(OCCCC)OCCCC. The van der Waals surface area contributed by atoms with Crippen LogP contribution in [0.5, 0.6) is 0 Å². The van der Waals surface area contributed by atoms with Gasteiger partial charge < -0.3 is 23.6 Å². The molecule has 0 aromatic rings. The van der Waals surface area contributed by atoms with Crippen LogP contribution in [0.3, 0.4) is 0 Å². The Kier molecular flexibility index (Phi) is 13.7. The molecule has 0 radical (unpaired) electrons. The summed E-state index contributed by atoms with van der Waals surface area (Å²) < 4.78 is 32.8. The van der Waals surface area contributed by atoms with Gasteiger partial charge in [0.05, 0.1) is 19.8 Å². The first-order valence-electron chi connectivity index (χ1n) is 7.87. The molecule has 0 saturated carbocycles. The zero-order chi connectivity index (χ0) is 16.0. The van der Waals surface area contributed by atoms with Gasteiger partial charge in [0.2, 0.25) is 0 Å². The molecule has 0 aliphatic carbocycles. The molecule has 0 rings (SSSR count). The lowest BCUT2D eigenvalue weighted by Crippen LogP contribution is -2.44. The third-order valence-electron chi connectivity index (χ3n) is 2.83. The van der Waals surface area contributed by atoms with Gasteiger partial charge in [0.25, 0.3) is 0 Å². The molecule has 0 aromatic heterocycles. The van der Waals surface area contributed by atoms with Gasteiger partial charge in [-0.15, -0.1) is 0 Å². The molecule has 0 aliphatic rings. The average molecular weight is 326 g/mol. The minimum atomic E-state index is -3.05. The van der Waals surface area contributed by atoms with Crippen molar-refractivity contribution in [2.24, 2.45) is 0 Å². The first-order valence-corrected chi connectivity index (χ1v) is 9.14.